The highest BCUT2D eigenvalue weighted by molar-refractivity contribution is 14.1. The maximum atomic E-state index is 6.10. The van der Waals surface area contributed by atoms with Gasteiger partial charge in [0.15, 0.2) is 0 Å². The molecule has 3 heteroatoms. The van der Waals surface area contributed by atoms with Gasteiger partial charge in [-0.3, -0.25) is 0 Å². The molecular formula is C11H13ClIN. The third-order valence-corrected chi connectivity index (χ3v) is 4.23. The van der Waals surface area contributed by atoms with Crippen molar-refractivity contribution in [2.24, 2.45) is 0 Å². The first-order chi connectivity index (χ1) is 6.77. The molecule has 1 aromatic carbocycles. The molecule has 1 saturated heterocycles. The van der Waals surface area contributed by atoms with Crippen molar-refractivity contribution in [1.29, 1.82) is 0 Å². The summed E-state index contributed by atoms with van der Waals surface area (Å²) < 4.78 is 1.13. The van der Waals surface area contributed by atoms with E-state index in [0.717, 1.165) is 15.1 Å². The van der Waals surface area contributed by atoms with Gasteiger partial charge in [-0.2, -0.15) is 0 Å². The van der Waals surface area contributed by atoms with Crippen LogP contribution < -0.4 is 5.32 Å². The number of benzene rings is 1. The third-order valence-electron chi connectivity index (χ3n) is 2.66. The lowest BCUT2D eigenvalue weighted by atomic mass is 9.98. The Hall–Kier alpha value is 0.200. The van der Waals surface area contributed by atoms with Crippen LogP contribution in [0, 0.1) is 3.57 Å². The summed E-state index contributed by atoms with van der Waals surface area (Å²) in [4.78, 5) is 0. The summed E-state index contributed by atoms with van der Waals surface area (Å²) in [7, 11) is 0. The van der Waals surface area contributed by atoms with Gasteiger partial charge in [-0.05, 0) is 59.7 Å². The minimum absolute atomic E-state index is 0.512. The first-order valence-electron chi connectivity index (χ1n) is 4.96. The molecule has 14 heavy (non-hydrogen) atoms. The molecule has 1 atom stereocenters. The van der Waals surface area contributed by atoms with E-state index in [2.05, 4.69) is 46.1 Å². The van der Waals surface area contributed by atoms with Crippen LogP contribution in [0.5, 0.6) is 0 Å². The van der Waals surface area contributed by atoms with E-state index in [4.69, 9.17) is 11.6 Å². The lowest BCUT2D eigenvalue weighted by Crippen LogP contribution is -2.26. The van der Waals surface area contributed by atoms with Gasteiger partial charge in [0, 0.05) is 9.61 Å². The van der Waals surface area contributed by atoms with Gasteiger partial charge in [0.1, 0.15) is 0 Å². The largest absolute Gasteiger partial charge is 0.310 e. The highest BCUT2D eigenvalue weighted by Crippen LogP contribution is 2.27. The Labute approximate surface area is 103 Å². The molecule has 1 aliphatic heterocycles. The van der Waals surface area contributed by atoms with Crippen molar-refractivity contribution in [3.05, 3.63) is 32.4 Å². The minimum atomic E-state index is 0.512. The summed E-state index contributed by atoms with van der Waals surface area (Å²) in [6, 6.07) is 6.87. The summed E-state index contributed by atoms with van der Waals surface area (Å²) in [5, 5.41) is 4.39. The highest BCUT2D eigenvalue weighted by atomic mass is 127. The van der Waals surface area contributed by atoms with Crippen molar-refractivity contribution in [3.8, 4) is 0 Å². The Kier molecular flexibility index (Phi) is 3.68. The molecule has 1 fully saturated rings. The monoisotopic (exact) mass is 321 g/mol. The molecule has 1 heterocycles. The van der Waals surface area contributed by atoms with Crippen LogP contribution in [0.25, 0.3) is 0 Å². The van der Waals surface area contributed by atoms with Gasteiger partial charge >= 0.3 is 0 Å². The normalized spacial score (nSPS) is 22.3. The number of rotatable bonds is 1. The van der Waals surface area contributed by atoms with Crippen LogP contribution in [-0.4, -0.2) is 6.54 Å². The molecule has 1 aromatic rings. The standard InChI is InChI=1S/C11H13ClIN/c12-9-7-8(4-5-10(9)13)11-3-1-2-6-14-11/h4-5,7,11,14H,1-3,6H2. The molecule has 0 saturated carbocycles. The molecule has 1 unspecified atom stereocenters. The smallest absolute Gasteiger partial charge is 0.0542 e. The Balaban J connectivity index is 2.18. The van der Waals surface area contributed by atoms with E-state index < -0.39 is 0 Å². The molecule has 0 bridgehead atoms. The number of halogens is 2. The summed E-state index contributed by atoms with van der Waals surface area (Å²) in [6.07, 6.45) is 3.85. The van der Waals surface area contributed by atoms with Crippen molar-refractivity contribution in [1.82, 2.24) is 5.32 Å². The second kappa shape index (κ2) is 4.81. The second-order valence-electron chi connectivity index (χ2n) is 3.68. The van der Waals surface area contributed by atoms with Crippen LogP contribution in [0.3, 0.4) is 0 Å². The van der Waals surface area contributed by atoms with Crippen LogP contribution in [0.2, 0.25) is 5.02 Å². The van der Waals surface area contributed by atoms with Crippen molar-refractivity contribution in [3.63, 3.8) is 0 Å². The van der Waals surface area contributed by atoms with Gasteiger partial charge < -0.3 is 5.32 Å². The number of piperidine rings is 1. The van der Waals surface area contributed by atoms with E-state index in [-0.39, 0.29) is 0 Å². The maximum Gasteiger partial charge on any atom is 0.0542 e. The van der Waals surface area contributed by atoms with E-state index in [0.29, 0.717) is 6.04 Å². The Morgan fingerprint density at radius 3 is 2.86 bits per heavy atom. The average molecular weight is 322 g/mol. The van der Waals surface area contributed by atoms with Crippen molar-refractivity contribution >= 4 is 34.2 Å². The van der Waals surface area contributed by atoms with Crippen LogP contribution >= 0.6 is 34.2 Å². The summed E-state index contributed by atoms with van der Waals surface area (Å²) in [6.45, 7) is 1.13. The molecule has 2 rings (SSSR count). The van der Waals surface area contributed by atoms with E-state index in [1.54, 1.807) is 0 Å². The number of hydrogen-bond acceptors (Lipinski definition) is 1. The topological polar surface area (TPSA) is 12.0 Å². The highest BCUT2D eigenvalue weighted by Gasteiger charge is 2.14. The molecule has 1 aliphatic rings. The third kappa shape index (κ3) is 2.41. The lowest BCUT2D eigenvalue weighted by molar-refractivity contribution is 0.412. The molecule has 1 N–H and O–H groups in total. The van der Waals surface area contributed by atoms with E-state index in [1.165, 1.54) is 24.8 Å². The molecule has 0 aromatic heterocycles. The average Bonchev–Trinajstić information content (AvgIpc) is 2.23. The van der Waals surface area contributed by atoms with Crippen LogP contribution in [0.15, 0.2) is 18.2 Å². The second-order valence-corrected chi connectivity index (χ2v) is 5.25. The number of hydrogen-bond donors (Lipinski definition) is 1. The molecule has 0 amide bonds. The van der Waals surface area contributed by atoms with E-state index in [1.807, 2.05) is 0 Å². The molecule has 76 valence electrons. The fourth-order valence-corrected chi connectivity index (χ4v) is 2.39. The van der Waals surface area contributed by atoms with Gasteiger partial charge in [-0.15, -0.1) is 0 Å². The van der Waals surface area contributed by atoms with Crippen molar-refractivity contribution in [2.45, 2.75) is 25.3 Å². The maximum absolute atomic E-state index is 6.10. The Bertz CT molecular complexity index is 321. The summed E-state index contributed by atoms with van der Waals surface area (Å²) >= 11 is 8.36. The van der Waals surface area contributed by atoms with Crippen LogP contribution in [0.4, 0.5) is 0 Å². The van der Waals surface area contributed by atoms with Gasteiger partial charge in [-0.25, -0.2) is 0 Å². The Morgan fingerprint density at radius 2 is 2.21 bits per heavy atom. The fraction of sp³-hybridized carbons (Fsp3) is 0.455. The van der Waals surface area contributed by atoms with E-state index >= 15 is 0 Å². The zero-order valence-electron chi connectivity index (χ0n) is 7.89. The molecule has 1 nitrogen and oxygen atoms in total. The van der Waals surface area contributed by atoms with Gasteiger partial charge in [-0.1, -0.05) is 24.1 Å². The zero-order valence-corrected chi connectivity index (χ0v) is 10.8. The Morgan fingerprint density at radius 1 is 1.36 bits per heavy atom. The summed E-state index contributed by atoms with van der Waals surface area (Å²) in [5.41, 5.74) is 1.33. The fourth-order valence-electron chi connectivity index (χ4n) is 1.87. The van der Waals surface area contributed by atoms with Crippen LogP contribution in [-0.2, 0) is 0 Å². The van der Waals surface area contributed by atoms with E-state index in [9.17, 15) is 0 Å². The van der Waals surface area contributed by atoms with Crippen molar-refractivity contribution in [2.75, 3.05) is 6.54 Å². The first-order valence-corrected chi connectivity index (χ1v) is 6.41. The SMILES string of the molecule is Clc1cc(C2CCCCN2)ccc1I. The van der Waals surface area contributed by atoms with Gasteiger partial charge in [0.05, 0.1) is 5.02 Å². The van der Waals surface area contributed by atoms with Gasteiger partial charge in [0.25, 0.3) is 0 Å². The molecular weight excluding hydrogens is 308 g/mol. The molecule has 0 radical (unpaired) electrons. The van der Waals surface area contributed by atoms with Crippen LogP contribution in [0.1, 0.15) is 30.9 Å². The summed E-state index contributed by atoms with van der Waals surface area (Å²) in [5.74, 6) is 0. The molecule has 0 aliphatic carbocycles. The predicted octanol–water partition coefficient (Wildman–Crippen LogP) is 3.76. The number of nitrogens with one attached hydrogen (secondary N) is 1. The van der Waals surface area contributed by atoms with Gasteiger partial charge in [0.2, 0.25) is 0 Å². The zero-order chi connectivity index (χ0) is 9.97. The molecule has 0 spiro atoms. The van der Waals surface area contributed by atoms with Crippen molar-refractivity contribution < 1.29 is 0 Å². The quantitative estimate of drug-likeness (QED) is 0.777. The predicted molar refractivity (Wildman–Crippen MR) is 68.8 cm³/mol. The first kappa shape index (κ1) is 10.7. The lowest BCUT2D eigenvalue weighted by Gasteiger charge is -2.24. The minimum Gasteiger partial charge on any atom is -0.310 e.